The Morgan fingerprint density at radius 3 is 2.06 bits per heavy atom. The lowest BCUT2D eigenvalue weighted by Gasteiger charge is -2.18. The number of carbonyl (C=O) groups is 2. The zero-order valence-electron chi connectivity index (χ0n) is 10.7. The molecular weight excluding hydrogens is 206 g/mol. The van der Waals surface area contributed by atoms with Gasteiger partial charge in [0.05, 0.1) is 7.11 Å². The van der Waals surface area contributed by atoms with Crippen molar-refractivity contribution >= 4 is 11.9 Å². The molecule has 1 amide bonds. The van der Waals surface area contributed by atoms with Gasteiger partial charge in [-0.25, -0.2) is 4.79 Å². The maximum atomic E-state index is 11.8. The molecule has 0 saturated heterocycles. The van der Waals surface area contributed by atoms with Crippen LogP contribution in [-0.4, -0.2) is 25.0 Å². The monoisotopic (exact) mass is 229 g/mol. The average molecular weight is 229 g/mol. The quantitative estimate of drug-likeness (QED) is 0.678. The molecule has 1 N–H and O–H groups in total. The van der Waals surface area contributed by atoms with E-state index in [2.05, 4.69) is 23.9 Å². The number of nitrogens with one attached hydrogen (secondary N) is 1. The van der Waals surface area contributed by atoms with Crippen LogP contribution in [0.25, 0.3) is 0 Å². The molecule has 0 aliphatic rings. The molecule has 0 saturated carbocycles. The zero-order chi connectivity index (χ0) is 12.6. The summed E-state index contributed by atoms with van der Waals surface area (Å²) >= 11 is 0. The van der Waals surface area contributed by atoms with Gasteiger partial charge >= 0.3 is 5.97 Å². The maximum Gasteiger partial charge on any atom is 0.328 e. The van der Waals surface area contributed by atoms with E-state index in [1.807, 2.05) is 0 Å². The number of hydrogen-bond donors (Lipinski definition) is 1. The summed E-state index contributed by atoms with van der Waals surface area (Å²) in [6, 6.07) is -0.561. The Bertz CT molecular complexity index is 222. The highest BCUT2D eigenvalue weighted by Crippen LogP contribution is 2.13. The number of rotatable bonds is 7. The topological polar surface area (TPSA) is 55.4 Å². The van der Waals surface area contributed by atoms with Gasteiger partial charge in [0.25, 0.3) is 0 Å². The third-order valence-corrected chi connectivity index (χ3v) is 2.56. The molecule has 0 rings (SSSR count). The molecule has 4 heteroatoms. The van der Waals surface area contributed by atoms with E-state index in [1.54, 1.807) is 6.92 Å². The van der Waals surface area contributed by atoms with E-state index >= 15 is 0 Å². The van der Waals surface area contributed by atoms with E-state index in [0.29, 0.717) is 0 Å². The molecule has 0 fully saturated rings. The number of hydrogen-bond acceptors (Lipinski definition) is 3. The molecule has 1 unspecified atom stereocenters. The van der Waals surface area contributed by atoms with Gasteiger partial charge in [0.2, 0.25) is 5.91 Å². The molecule has 0 spiro atoms. The van der Waals surface area contributed by atoms with Crippen LogP contribution in [0.5, 0.6) is 0 Å². The molecule has 94 valence electrons. The third-order valence-electron chi connectivity index (χ3n) is 2.56. The number of carbonyl (C=O) groups excluding carboxylic acids is 2. The molecule has 0 heterocycles. The molecule has 0 aromatic rings. The minimum atomic E-state index is -0.561. The summed E-state index contributed by atoms with van der Waals surface area (Å²) in [6.45, 7) is 5.75. The van der Waals surface area contributed by atoms with Gasteiger partial charge in [0.1, 0.15) is 6.04 Å². The summed E-state index contributed by atoms with van der Waals surface area (Å²) in [5.74, 6) is -0.427. The van der Waals surface area contributed by atoms with Gasteiger partial charge < -0.3 is 10.1 Å². The SMILES string of the molecule is CCCC(CCC)C(=O)NC(C)C(=O)OC. The molecule has 0 radical (unpaired) electrons. The summed E-state index contributed by atoms with van der Waals surface area (Å²) in [6.07, 6.45) is 3.69. The Hall–Kier alpha value is -1.06. The van der Waals surface area contributed by atoms with E-state index in [9.17, 15) is 9.59 Å². The minimum absolute atomic E-state index is 0.0158. The van der Waals surface area contributed by atoms with E-state index in [4.69, 9.17) is 0 Å². The molecule has 0 aliphatic carbocycles. The van der Waals surface area contributed by atoms with Gasteiger partial charge in [0, 0.05) is 5.92 Å². The van der Waals surface area contributed by atoms with Crippen molar-refractivity contribution in [3.05, 3.63) is 0 Å². The first-order valence-electron chi connectivity index (χ1n) is 5.94. The normalized spacial score (nSPS) is 12.3. The summed E-state index contributed by atoms with van der Waals surface area (Å²) in [4.78, 5) is 23.0. The van der Waals surface area contributed by atoms with Crippen molar-refractivity contribution in [2.24, 2.45) is 5.92 Å². The van der Waals surface area contributed by atoms with Crippen LogP contribution in [0.2, 0.25) is 0 Å². The van der Waals surface area contributed by atoms with Crippen molar-refractivity contribution in [1.82, 2.24) is 5.32 Å². The van der Waals surface area contributed by atoms with Crippen molar-refractivity contribution in [3.8, 4) is 0 Å². The van der Waals surface area contributed by atoms with Gasteiger partial charge in [0.15, 0.2) is 0 Å². The summed E-state index contributed by atoms with van der Waals surface area (Å²) in [5, 5.41) is 2.69. The van der Waals surface area contributed by atoms with Gasteiger partial charge in [-0.15, -0.1) is 0 Å². The lowest BCUT2D eigenvalue weighted by molar-refractivity contribution is -0.145. The second kappa shape index (κ2) is 8.13. The maximum absolute atomic E-state index is 11.8. The molecule has 0 aromatic carbocycles. The summed E-state index contributed by atoms with van der Waals surface area (Å²) in [7, 11) is 1.32. The van der Waals surface area contributed by atoms with Crippen LogP contribution in [0.3, 0.4) is 0 Å². The molecule has 16 heavy (non-hydrogen) atoms. The first kappa shape index (κ1) is 14.9. The van der Waals surface area contributed by atoms with Crippen LogP contribution in [0, 0.1) is 5.92 Å². The van der Waals surface area contributed by atoms with Gasteiger partial charge in [-0.1, -0.05) is 26.7 Å². The fourth-order valence-electron chi connectivity index (χ4n) is 1.67. The largest absolute Gasteiger partial charge is 0.467 e. The smallest absolute Gasteiger partial charge is 0.328 e. The van der Waals surface area contributed by atoms with Crippen LogP contribution >= 0.6 is 0 Å². The first-order chi connectivity index (χ1) is 7.56. The van der Waals surface area contributed by atoms with Crippen molar-refractivity contribution in [2.75, 3.05) is 7.11 Å². The predicted octanol–water partition coefficient (Wildman–Crippen LogP) is 1.88. The Labute approximate surface area is 97.7 Å². The van der Waals surface area contributed by atoms with Crippen LogP contribution in [0.1, 0.15) is 46.5 Å². The van der Waals surface area contributed by atoms with Crippen molar-refractivity contribution < 1.29 is 14.3 Å². The predicted molar refractivity (Wildman–Crippen MR) is 62.9 cm³/mol. The Balaban J connectivity index is 4.23. The van der Waals surface area contributed by atoms with Crippen LogP contribution < -0.4 is 5.32 Å². The fourth-order valence-corrected chi connectivity index (χ4v) is 1.67. The van der Waals surface area contributed by atoms with Crippen molar-refractivity contribution in [3.63, 3.8) is 0 Å². The standard InChI is InChI=1S/C12H23NO3/c1-5-7-10(8-6-2)11(14)13-9(3)12(15)16-4/h9-10H,5-8H2,1-4H3,(H,13,14). The molecule has 0 aliphatic heterocycles. The highest BCUT2D eigenvalue weighted by atomic mass is 16.5. The van der Waals surface area contributed by atoms with Crippen LogP contribution in [0.4, 0.5) is 0 Å². The second-order valence-corrected chi connectivity index (χ2v) is 4.03. The van der Waals surface area contributed by atoms with Crippen molar-refractivity contribution in [2.45, 2.75) is 52.5 Å². The van der Waals surface area contributed by atoms with Crippen LogP contribution in [0.15, 0.2) is 0 Å². The minimum Gasteiger partial charge on any atom is -0.467 e. The lowest BCUT2D eigenvalue weighted by Crippen LogP contribution is -2.42. The highest BCUT2D eigenvalue weighted by molar-refractivity contribution is 5.85. The van der Waals surface area contributed by atoms with E-state index in [1.165, 1.54) is 7.11 Å². The number of ether oxygens (including phenoxy) is 1. The van der Waals surface area contributed by atoms with Crippen molar-refractivity contribution in [1.29, 1.82) is 0 Å². The third kappa shape index (κ3) is 5.14. The van der Waals surface area contributed by atoms with Gasteiger partial charge in [-0.2, -0.15) is 0 Å². The lowest BCUT2D eigenvalue weighted by atomic mass is 9.97. The fraction of sp³-hybridized carbons (Fsp3) is 0.833. The number of methoxy groups -OCH3 is 1. The van der Waals surface area contributed by atoms with Crippen LogP contribution in [-0.2, 0) is 14.3 Å². The number of esters is 1. The number of amides is 1. The summed E-state index contributed by atoms with van der Waals surface area (Å²) in [5.41, 5.74) is 0. The van der Waals surface area contributed by atoms with E-state index in [0.717, 1.165) is 25.7 Å². The Kier molecular flexibility index (Phi) is 7.60. The van der Waals surface area contributed by atoms with E-state index in [-0.39, 0.29) is 11.8 Å². The molecule has 1 atom stereocenters. The Morgan fingerprint density at radius 1 is 1.19 bits per heavy atom. The molecule has 0 aromatic heterocycles. The van der Waals surface area contributed by atoms with E-state index < -0.39 is 12.0 Å². The van der Waals surface area contributed by atoms with Gasteiger partial charge in [-0.3, -0.25) is 4.79 Å². The zero-order valence-corrected chi connectivity index (χ0v) is 10.7. The average Bonchev–Trinajstić information content (AvgIpc) is 2.27. The molecular formula is C12H23NO3. The first-order valence-corrected chi connectivity index (χ1v) is 5.94. The molecule has 0 bridgehead atoms. The highest BCUT2D eigenvalue weighted by Gasteiger charge is 2.21. The molecule has 4 nitrogen and oxygen atoms in total. The second-order valence-electron chi connectivity index (χ2n) is 4.03. The summed E-state index contributed by atoms with van der Waals surface area (Å²) < 4.78 is 4.56. The van der Waals surface area contributed by atoms with Gasteiger partial charge in [-0.05, 0) is 19.8 Å². The Morgan fingerprint density at radius 2 is 1.69 bits per heavy atom.